The molecule has 112 valence electrons. The van der Waals surface area contributed by atoms with E-state index in [1.165, 1.54) is 11.1 Å². The molecule has 2 nitrogen and oxygen atoms in total. The second kappa shape index (κ2) is 9.54. The highest BCUT2D eigenvalue weighted by atomic mass is 32.2. The summed E-state index contributed by atoms with van der Waals surface area (Å²) in [4.78, 5) is 1.09. The smallest absolute Gasteiger partial charge is 0.124 e. The summed E-state index contributed by atoms with van der Waals surface area (Å²) in [6, 6.07) is 3.99. The van der Waals surface area contributed by atoms with E-state index in [2.05, 4.69) is 25.0 Å². The lowest BCUT2D eigenvalue weighted by atomic mass is 10.0. The predicted octanol–water partition coefficient (Wildman–Crippen LogP) is 5.33. The standard InChI is InChI=1S/C15H21NOS.C2H6/c1-10(2)18-9-11(3)6-13-7-12(4)14(16)8-15(13)17-5;1-2/h7-9H,1,6,16H2,2-5H3;1-2H3/b11-9+;. The minimum atomic E-state index is 0.772. The van der Waals surface area contributed by atoms with Crippen LogP contribution in [0, 0.1) is 6.92 Å². The third kappa shape index (κ3) is 6.20. The number of hydrogen-bond donors (Lipinski definition) is 1. The molecule has 0 amide bonds. The number of allylic oxidation sites excluding steroid dienone is 2. The average molecular weight is 293 g/mol. The molecule has 0 saturated carbocycles. The molecule has 0 bridgehead atoms. The number of aryl methyl sites for hydroxylation is 1. The third-order valence-electron chi connectivity index (χ3n) is 2.60. The molecule has 3 heteroatoms. The number of hydrogen-bond acceptors (Lipinski definition) is 3. The maximum absolute atomic E-state index is 5.88. The second-order valence-corrected chi connectivity index (χ2v) is 5.65. The fourth-order valence-corrected chi connectivity index (χ4v) is 2.12. The first-order valence-corrected chi connectivity index (χ1v) is 7.72. The Labute approximate surface area is 128 Å². The summed E-state index contributed by atoms with van der Waals surface area (Å²) >= 11 is 1.66. The Balaban J connectivity index is 0.00000172. The van der Waals surface area contributed by atoms with Crippen LogP contribution in [0.15, 0.2) is 34.6 Å². The molecule has 20 heavy (non-hydrogen) atoms. The molecule has 0 saturated heterocycles. The zero-order valence-corrected chi connectivity index (χ0v) is 14.4. The van der Waals surface area contributed by atoms with E-state index in [9.17, 15) is 0 Å². The van der Waals surface area contributed by atoms with Crippen molar-refractivity contribution in [1.29, 1.82) is 0 Å². The molecule has 1 rings (SSSR count). The molecule has 0 aromatic heterocycles. The van der Waals surface area contributed by atoms with Crippen molar-refractivity contribution < 1.29 is 4.74 Å². The highest BCUT2D eigenvalue weighted by Gasteiger charge is 2.07. The normalized spacial score (nSPS) is 10.6. The fraction of sp³-hybridized carbons (Fsp3) is 0.412. The molecule has 1 aromatic rings. The van der Waals surface area contributed by atoms with Gasteiger partial charge in [0.1, 0.15) is 5.75 Å². The van der Waals surface area contributed by atoms with E-state index in [1.54, 1.807) is 18.9 Å². The van der Waals surface area contributed by atoms with E-state index < -0.39 is 0 Å². The van der Waals surface area contributed by atoms with Gasteiger partial charge in [0, 0.05) is 11.8 Å². The van der Waals surface area contributed by atoms with Gasteiger partial charge in [0.15, 0.2) is 0 Å². The minimum absolute atomic E-state index is 0.772. The molecule has 0 radical (unpaired) electrons. The Kier molecular flexibility index (Phi) is 8.89. The number of benzene rings is 1. The van der Waals surface area contributed by atoms with Crippen LogP contribution in [0.3, 0.4) is 0 Å². The van der Waals surface area contributed by atoms with Gasteiger partial charge >= 0.3 is 0 Å². The predicted molar refractivity (Wildman–Crippen MR) is 93.4 cm³/mol. The molecule has 0 unspecified atom stereocenters. The van der Waals surface area contributed by atoms with Gasteiger partial charge in [-0.05, 0) is 48.6 Å². The molecule has 0 atom stereocenters. The number of methoxy groups -OCH3 is 1. The van der Waals surface area contributed by atoms with Crippen molar-refractivity contribution in [2.75, 3.05) is 12.8 Å². The van der Waals surface area contributed by atoms with Crippen LogP contribution in [0.1, 0.15) is 38.8 Å². The highest BCUT2D eigenvalue weighted by Crippen LogP contribution is 2.28. The van der Waals surface area contributed by atoms with Crippen LogP contribution in [0.5, 0.6) is 5.75 Å². The monoisotopic (exact) mass is 293 g/mol. The average Bonchev–Trinajstić information content (AvgIpc) is 2.42. The SMILES string of the molecule is C=C(C)S/C=C(\C)Cc1cc(C)c(N)cc1OC.CC. The number of nitrogen functional groups attached to an aromatic ring is 1. The van der Waals surface area contributed by atoms with Gasteiger partial charge in [-0.1, -0.05) is 32.1 Å². The molecule has 0 aliphatic rings. The summed E-state index contributed by atoms with van der Waals surface area (Å²) in [6.45, 7) is 14.0. The van der Waals surface area contributed by atoms with Crippen molar-refractivity contribution in [1.82, 2.24) is 0 Å². The zero-order valence-electron chi connectivity index (χ0n) is 13.5. The maximum Gasteiger partial charge on any atom is 0.124 e. The summed E-state index contributed by atoms with van der Waals surface area (Å²) < 4.78 is 5.38. The topological polar surface area (TPSA) is 35.2 Å². The van der Waals surface area contributed by atoms with E-state index in [4.69, 9.17) is 10.5 Å². The molecule has 0 spiro atoms. The summed E-state index contributed by atoms with van der Waals surface area (Å²) in [5, 5.41) is 2.13. The Bertz CT molecular complexity index is 478. The van der Waals surface area contributed by atoms with Crippen LogP contribution < -0.4 is 10.5 Å². The molecular formula is C17H27NOS. The molecular weight excluding hydrogens is 266 g/mol. The summed E-state index contributed by atoms with van der Waals surface area (Å²) in [5.74, 6) is 0.853. The number of thioether (sulfide) groups is 1. The number of anilines is 1. The van der Waals surface area contributed by atoms with Crippen molar-refractivity contribution in [2.24, 2.45) is 0 Å². The molecule has 2 N–H and O–H groups in total. The van der Waals surface area contributed by atoms with Gasteiger partial charge in [-0.25, -0.2) is 0 Å². The van der Waals surface area contributed by atoms with Crippen LogP contribution in [0.4, 0.5) is 5.69 Å². The van der Waals surface area contributed by atoms with Gasteiger partial charge < -0.3 is 10.5 Å². The van der Waals surface area contributed by atoms with Gasteiger partial charge in [-0.15, -0.1) is 11.8 Å². The largest absolute Gasteiger partial charge is 0.496 e. The lowest BCUT2D eigenvalue weighted by Gasteiger charge is -2.12. The van der Waals surface area contributed by atoms with Crippen molar-refractivity contribution in [2.45, 2.75) is 41.0 Å². The van der Waals surface area contributed by atoms with Gasteiger partial charge in [-0.2, -0.15) is 0 Å². The lowest BCUT2D eigenvalue weighted by Crippen LogP contribution is -1.98. The fourth-order valence-electron chi connectivity index (χ4n) is 1.64. The van der Waals surface area contributed by atoms with E-state index in [1.807, 2.05) is 33.8 Å². The van der Waals surface area contributed by atoms with Crippen LogP contribution in [0.2, 0.25) is 0 Å². The minimum Gasteiger partial charge on any atom is -0.496 e. The van der Waals surface area contributed by atoms with Gasteiger partial charge in [0.05, 0.1) is 7.11 Å². The van der Waals surface area contributed by atoms with Gasteiger partial charge in [-0.3, -0.25) is 0 Å². The first-order valence-electron chi connectivity index (χ1n) is 6.84. The quantitative estimate of drug-likeness (QED) is 0.746. The molecule has 0 aliphatic carbocycles. The Hall–Kier alpha value is -1.35. The van der Waals surface area contributed by atoms with Gasteiger partial charge in [0.2, 0.25) is 0 Å². The van der Waals surface area contributed by atoms with E-state index in [-0.39, 0.29) is 0 Å². The van der Waals surface area contributed by atoms with Gasteiger partial charge in [0.25, 0.3) is 0 Å². The first-order chi connectivity index (χ1) is 9.43. The molecule has 0 fully saturated rings. The number of ether oxygens (including phenoxy) is 1. The first kappa shape index (κ1) is 18.7. The third-order valence-corrected chi connectivity index (χ3v) is 3.52. The Morgan fingerprint density at radius 2 is 1.95 bits per heavy atom. The summed E-state index contributed by atoms with van der Waals surface area (Å²) in [6.07, 6.45) is 0.866. The Morgan fingerprint density at radius 1 is 1.35 bits per heavy atom. The van der Waals surface area contributed by atoms with Crippen LogP contribution in [0.25, 0.3) is 0 Å². The van der Waals surface area contributed by atoms with Crippen molar-refractivity contribution in [3.63, 3.8) is 0 Å². The van der Waals surface area contributed by atoms with Crippen LogP contribution in [-0.2, 0) is 6.42 Å². The number of rotatable bonds is 5. The molecule has 0 heterocycles. The van der Waals surface area contributed by atoms with Crippen molar-refractivity contribution >= 4 is 17.4 Å². The van der Waals surface area contributed by atoms with Crippen LogP contribution in [-0.4, -0.2) is 7.11 Å². The second-order valence-electron chi connectivity index (χ2n) is 4.48. The van der Waals surface area contributed by atoms with E-state index in [0.717, 1.165) is 28.3 Å². The van der Waals surface area contributed by atoms with Crippen molar-refractivity contribution in [3.8, 4) is 5.75 Å². The maximum atomic E-state index is 5.88. The highest BCUT2D eigenvalue weighted by molar-refractivity contribution is 8.05. The molecule has 0 aliphatic heterocycles. The molecule has 1 aromatic carbocycles. The van der Waals surface area contributed by atoms with Crippen LogP contribution >= 0.6 is 11.8 Å². The Morgan fingerprint density at radius 3 is 2.45 bits per heavy atom. The lowest BCUT2D eigenvalue weighted by molar-refractivity contribution is 0.410. The van der Waals surface area contributed by atoms with E-state index >= 15 is 0 Å². The summed E-state index contributed by atoms with van der Waals surface area (Å²) in [5.41, 5.74) is 10.2. The van der Waals surface area contributed by atoms with Crippen molar-refractivity contribution in [3.05, 3.63) is 45.7 Å². The summed E-state index contributed by atoms with van der Waals surface area (Å²) in [7, 11) is 1.68. The zero-order chi connectivity index (χ0) is 15.7. The number of nitrogens with two attached hydrogens (primary N) is 1. The van der Waals surface area contributed by atoms with E-state index in [0.29, 0.717) is 0 Å².